The monoisotopic (exact) mass is 385 g/mol. The van der Waals surface area contributed by atoms with Crippen LogP contribution in [0.5, 0.6) is 0 Å². The molecular formula is C17H14Cl3NO3. The van der Waals surface area contributed by atoms with E-state index in [1.807, 2.05) is 12.1 Å². The van der Waals surface area contributed by atoms with Crippen molar-refractivity contribution >= 4 is 46.7 Å². The average Bonchev–Trinajstić information content (AvgIpc) is 2.52. The van der Waals surface area contributed by atoms with Crippen molar-refractivity contribution in [3.05, 3.63) is 68.7 Å². The van der Waals surface area contributed by atoms with Crippen molar-refractivity contribution in [2.24, 2.45) is 0 Å². The fraction of sp³-hybridized carbons (Fsp3) is 0.176. The molecule has 1 N–H and O–H groups in total. The van der Waals surface area contributed by atoms with Crippen LogP contribution in [0.4, 0.5) is 0 Å². The number of carbonyl (C=O) groups is 2. The number of rotatable bonds is 5. The molecule has 1 atom stereocenters. The van der Waals surface area contributed by atoms with Crippen LogP contribution in [0.15, 0.2) is 42.5 Å². The maximum absolute atomic E-state index is 11.9. The molecule has 1 amide bonds. The molecule has 0 radical (unpaired) electrons. The van der Waals surface area contributed by atoms with Gasteiger partial charge in [-0.3, -0.25) is 4.79 Å². The first-order valence-electron chi connectivity index (χ1n) is 7.04. The molecule has 0 heterocycles. The number of benzene rings is 2. The average molecular weight is 387 g/mol. The number of esters is 1. The number of amides is 1. The molecule has 2 rings (SSSR count). The van der Waals surface area contributed by atoms with Gasteiger partial charge in [-0.25, -0.2) is 4.79 Å². The summed E-state index contributed by atoms with van der Waals surface area (Å²) in [5, 5.41) is 3.89. The lowest BCUT2D eigenvalue weighted by Gasteiger charge is -2.15. The Balaban J connectivity index is 1.91. The van der Waals surface area contributed by atoms with Gasteiger partial charge in [-0.15, -0.1) is 0 Å². The number of hydrogen-bond donors (Lipinski definition) is 1. The van der Waals surface area contributed by atoms with Crippen molar-refractivity contribution in [3.8, 4) is 0 Å². The summed E-state index contributed by atoms with van der Waals surface area (Å²) >= 11 is 17.7. The molecule has 0 spiro atoms. The van der Waals surface area contributed by atoms with Crippen LogP contribution in [0.3, 0.4) is 0 Å². The summed E-state index contributed by atoms with van der Waals surface area (Å²) in [6.07, 6.45) is 0. The molecule has 0 saturated carbocycles. The minimum Gasteiger partial charge on any atom is -0.452 e. The van der Waals surface area contributed by atoms with E-state index in [1.165, 1.54) is 18.2 Å². The third-order valence-corrected chi connectivity index (χ3v) is 3.96. The number of hydrogen-bond acceptors (Lipinski definition) is 3. The standard InChI is InChI=1S/C17H14Cl3NO3/c1-10(14-4-2-3-5-15(14)20)21-16(22)9-24-17(23)11-6-12(18)8-13(19)7-11/h2-8,10H,9H2,1H3,(H,21,22)/t10-/m0/s1. The second-order valence-corrected chi connectivity index (χ2v) is 6.33. The summed E-state index contributed by atoms with van der Waals surface area (Å²) in [6.45, 7) is 1.37. The Labute approximate surface area is 154 Å². The highest BCUT2D eigenvalue weighted by Crippen LogP contribution is 2.22. The second kappa shape index (κ2) is 8.38. The minimum atomic E-state index is -0.681. The van der Waals surface area contributed by atoms with E-state index in [0.29, 0.717) is 15.1 Å². The molecule has 126 valence electrons. The molecule has 0 bridgehead atoms. The zero-order valence-electron chi connectivity index (χ0n) is 12.7. The summed E-state index contributed by atoms with van der Waals surface area (Å²) in [5.41, 5.74) is 0.958. The van der Waals surface area contributed by atoms with Crippen LogP contribution < -0.4 is 5.32 Å². The first kappa shape index (κ1) is 18.6. The molecule has 2 aromatic carbocycles. The first-order chi connectivity index (χ1) is 11.4. The van der Waals surface area contributed by atoms with Crippen LogP contribution >= 0.6 is 34.8 Å². The summed E-state index contributed by atoms with van der Waals surface area (Å²) in [4.78, 5) is 23.8. The largest absolute Gasteiger partial charge is 0.452 e. The molecule has 2 aromatic rings. The van der Waals surface area contributed by atoms with Crippen LogP contribution in [0.25, 0.3) is 0 Å². The van der Waals surface area contributed by atoms with Crippen LogP contribution in [-0.2, 0) is 9.53 Å². The quantitative estimate of drug-likeness (QED) is 0.759. The highest BCUT2D eigenvalue weighted by Gasteiger charge is 2.15. The van der Waals surface area contributed by atoms with Gasteiger partial charge < -0.3 is 10.1 Å². The predicted molar refractivity (Wildman–Crippen MR) is 94.8 cm³/mol. The maximum Gasteiger partial charge on any atom is 0.338 e. The number of nitrogens with one attached hydrogen (secondary N) is 1. The zero-order valence-corrected chi connectivity index (χ0v) is 15.0. The van der Waals surface area contributed by atoms with Crippen LogP contribution in [0.2, 0.25) is 15.1 Å². The molecule has 7 heteroatoms. The van der Waals surface area contributed by atoms with E-state index in [4.69, 9.17) is 39.5 Å². The van der Waals surface area contributed by atoms with Crippen LogP contribution in [0, 0.1) is 0 Å². The summed E-state index contributed by atoms with van der Waals surface area (Å²) in [7, 11) is 0. The fourth-order valence-electron chi connectivity index (χ4n) is 2.07. The summed E-state index contributed by atoms with van der Waals surface area (Å²) in [6, 6.07) is 11.2. The van der Waals surface area contributed by atoms with E-state index in [9.17, 15) is 9.59 Å². The van der Waals surface area contributed by atoms with Gasteiger partial charge in [-0.2, -0.15) is 0 Å². The van der Waals surface area contributed by atoms with Gasteiger partial charge >= 0.3 is 5.97 Å². The van der Waals surface area contributed by atoms with Gasteiger partial charge in [-0.1, -0.05) is 53.0 Å². The molecule has 0 aromatic heterocycles. The van der Waals surface area contributed by atoms with Gasteiger partial charge in [0.2, 0.25) is 0 Å². The second-order valence-electron chi connectivity index (χ2n) is 5.04. The van der Waals surface area contributed by atoms with Crippen molar-refractivity contribution in [2.75, 3.05) is 6.61 Å². The third kappa shape index (κ3) is 5.13. The predicted octanol–water partition coefficient (Wildman–Crippen LogP) is 4.68. The zero-order chi connectivity index (χ0) is 17.7. The van der Waals surface area contributed by atoms with Gasteiger partial charge in [0.05, 0.1) is 11.6 Å². The lowest BCUT2D eigenvalue weighted by molar-refractivity contribution is -0.124. The molecule has 0 saturated heterocycles. The Bertz CT molecular complexity index is 744. The highest BCUT2D eigenvalue weighted by molar-refractivity contribution is 6.35. The first-order valence-corrected chi connectivity index (χ1v) is 8.17. The normalized spacial score (nSPS) is 11.7. The number of halogens is 3. The van der Waals surface area contributed by atoms with Crippen LogP contribution in [0.1, 0.15) is 28.9 Å². The molecule has 0 aliphatic carbocycles. The molecule has 4 nitrogen and oxygen atoms in total. The maximum atomic E-state index is 11.9. The van der Waals surface area contributed by atoms with E-state index in [1.54, 1.807) is 19.1 Å². The topological polar surface area (TPSA) is 55.4 Å². The Morgan fingerprint density at radius 2 is 1.71 bits per heavy atom. The van der Waals surface area contributed by atoms with Gasteiger partial charge in [0.25, 0.3) is 5.91 Å². The van der Waals surface area contributed by atoms with Gasteiger partial charge in [0.15, 0.2) is 6.61 Å². The number of carbonyl (C=O) groups excluding carboxylic acids is 2. The molecule has 24 heavy (non-hydrogen) atoms. The van der Waals surface area contributed by atoms with E-state index >= 15 is 0 Å². The van der Waals surface area contributed by atoms with Gasteiger partial charge in [0.1, 0.15) is 0 Å². The van der Waals surface area contributed by atoms with Crippen molar-refractivity contribution < 1.29 is 14.3 Å². The van der Waals surface area contributed by atoms with E-state index in [0.717, 1.165) is 5.56 Å². The van der Waals surface area contributed by atoms with Crippen molar-refractivity contribution in [2.45, 2.75) is 13.0 Å². The van der Waals surface area contributed by atoms with E-state index in [2.05, 4.69) is 5.32 Å². The van der Waals surface area contributed by atoms with Crippen molar-refractivity contribution in [3.63, 3.8) is 0 Å². The van der Waals surface area contributed by atoms with Gasteiger partial charge in [-0.05, 0) is 36.8 Å². The van der Waals surface area contributed by atoms with Crippen molar-refractivity contribution in [1.82, 2.24) is 5.32 Å². The van der Waals surface area contributed by atoms with E-state index in [-0.39, 0.29) is 11.6 Å². The minimum absolute atomic E-state index is 0.180. The Morgan fingerprint density at radius 3 is 2.33 bits per heavy atom. The molecule has 0 fully saturated rings. The summed E-state index contributed by atoms with van der Waals surface area (Å²) < 4.78 is 4.97. The third-order valence-electron chi connectivity index (χ3n) is 3.18. The van der Waals surface area contributed by atoms with E-state index < -0.39 is 18.5 Å². The number of ether oxygens (including phenoxy) is 1. The lowest BCUT2D eigenvalue weighted by Crippen LogP contribution is -2.31. The Hall–Kier alpha value is -1.75. The Kier molecular flexibility index (Phi) is 6.49. The fourth-order valence-corrected chi connectivity index (χ4v) is 2.90. The smallest absolute Gasteiger partial charge is 0.338 e. The molecular weight excluding hydrogens is 373 g/mol. The lowest BCUT2D eigenvalue weighted by atomic mass is 10.1. The van der Waals surface area contributed by atoms with Crippen molar-refractivity contribution in [1.29, 1.82) is 0 Å². The van der Waals surface area contributed by atoms with Crippen LogP contribution in [-0.4, -0.2) is 18.5 Å². The molecule has 0 aliphatic heterocycles. The molecule has 0 unspecified atom stereocenters. The van der Waals surface area contributed by atoms with Gasteiger partial charge in [0, 0.05) is 15.1 Å². The molecule has 0 aliphatic rings. The summed E-state index contributed by atoms with van der Waals surface area (Å²) in [5.74, 6) is -1.12. The highest BCUT2D eigenvalue weighted by atomic mass is 35.5. The Morgan fingerprint density at radius 1 is 1.08 bits per heavy atom. The SMILES string of the molecule is C[C@H](NC(=O)COC(=O)c1cc(Cl)cc(Cl)c1)c1ccccc1Cl.